The van der Waals surface area contributed by atoms with Crippen LogP contribution in [0.5, 0.6) is 0 Å². The van der Waals surface area contributed by atoms with Gasteiger partial charge in [-0.05, 0) is 92.3 Å². The van der Waals surface area contributed by atoms with Gasteiger partial charge in [-0.1, -0.05) is 42.3 Å². The van der Waals surface area contributed by atoms with Crippen LogP contribution in [0, 0.1) is 11.8 Å². The summed E-state index contributed by atoms with van der Waals surface area (Å²) < 4.78 is 38.3. The van der Waals surface area contributed by atoms with Gasteiger partial charge in [-0.2, -0.15) is 13.2 Å². The lowest BCUT2D eigenvalue weighted by Gasteiger charge is -2.45. The summed E-state index contributed by atoms with van der Waals surface area (Å²) in [6.45, 7) is 2.20. The van der Waals surface area contributed by atoms with E-state index in [2.05, 4.69) is 17.0 Å². The van der Waals surface area contributed by atoms with Crippen molar-refractivity contribution in [2.75, 3.05) is 13.1 Å². The summed E-state index contributed by atoms with van der Waals surface area (Å²) >= 11 is 6.11. The number of rotatable bonds is 6. The van der Waals surface area contributed by atoms with Crippen molar-refractivity contribution >= 4 is 11.6 Å². The predicted molar refractivity (Wildman–Crippen MR) is 116 cm³/mol. The molecule has 4 rings (SSSR count). The highest BCUT2D eigenvalue weighted by atomic mass is 35.5. The quantitative estimate of drug-likeness (QED) is 0.452. The van der Waals surface area contributed by atoms with Gasteiger partial charge in [0.1, 0.15) is 0 Å². The molecule has 30 heavy (non-hydrogen) atoms. The van der Waals surface area contributed by atoms with Crippen LogP contribution in [-0.2, 0) is 12.6 Å². The molecule has 1 heterocycles. The van der Waals surface area contributed by atoms with E-state index >= 15 is 0 Å². The summed E-state index contributed by atoms with van der Waals surface area (Å²) in [6, 6.07) is 14.5. The smallest absolute Gasteiger partial charge is 0.296 e. The molecule has 2 fully saturated rings. The second-order valence-corrected chi connectivity index (χ2v) is 9.36. The Bertz CT molecular complexity index is 812. The number of alkyl halides is 3. The van der Waals surface area contributed by atoms with Gasteiger partial charge in [-0.25, -0.2) is 0 Å². The number of piperidine rings is 1. The third-order valence-electron chi connectivity index (χ3n) is 6.87. The molecular formula is C25H29ClF3N. The highest BCUT2D eigenvalue weighted by molar-refractivity contribution is 6.30. The van der Waals surface area contributed by atoms with Crippen molar-refractivity contribution in [3.8, 4) is 0 Å². The van der Waals surface area contributed by atoms with Gasteiger partial charge in [0.25, 0.3) is 0 Å². The van der Waals surface area contributed by atoms with Crippen molar-refractivity contribution in [1.82, 2.24) is 4.90 Å². The summed E-state index contributed by atoms with van der Waals surface area (Å²) in [5, 5.41) is 0.777. The maximum atomic E-state index is 12.8. The van der Waals surface area contributed by atoms with Gasteiger partial charge in [0.15, 0.2) is 0 Å². The van der Waals surface area contributed by atoms with E-state index < -0.39 is 11.7 Å². The fourth-order valence-electron chi connectivity index (χ4n) is 5.01. The maximum absolute atomic E-state index is 12.8. The number of halogens is 4. The molecule has 0 spiro atoms. The van der Waals surface area contributed by atoms with E-state index in [1.807, 2.05) is 12.1 Å². The minimum atomic E-state index is -4.26. The van der Waals surface area contributed by atoms with Gasteiger partial charge < -0.3 is 0 Å². The number of likely N-dealkylation sites (tertiary alicyclic amines) is 1. The number of nitrogens with zero attached hydrogens (tertiary/aromatic N) is 1. The average molecular weight is 436 g/mol. The van der Waals surface area contributed by atoms with Crippen LogP contribution in [0.3, 0.4) is 0 Å². The van der Waals surface area contributed by atoms with Crippen LogP contribution < -0.4 is 0 Å². The normalized spacial score (nSPS) is 21.9. The molecule has 0 radical (unpaired) electrons. The summed E-state index contributed by atoms with van der Waals surface area (Å²) in [6.07, 6.45) is 3.90. The topological polar surface area (TPSA) is 3.24 Å². The van der Waals surface area contributed by atoms with E-state index in [0.717, 1.165) is 42.4 Å². The summed E-state index contributed by atoms with van der Waals surface area (Å²) in [5.74, 6) is 1.32. The monoisotopic (exact) mass is 435 g/mol. The zero-order valence-electron chi connectivity index (χ0n) is 17.2. The number of benzene rings is 2. The molecule has 2 atom stereocenters. The number of hydrogen-bond donors (Lipinski definition) is 0. The molecule has 0 amide bonds. The Hall–Kier alpha value is -1.52. The molecule has 0 bridgehead atoms. The molecule has 1 nitrogen and oxygen atoms in total. The lowest BCUT2D eigenvalue weighted by Crippen LogP contribution is -2.42. The van der Waals surface area contributed by atoms with Crippen molar-refractivity contribution in [2.45, 2.75) is 57.2 Å². The van der Waals surface area contributed by atoms with Crippen molar-refractivity contribution in [3.63, 3.8) is 0 Å². The van der Waals surface area contributed by atoms with Crippen LogP contribution >= 0.6 is 11.6 Å². The van der Waals surface area contributed by atoms with Gasteiger partial charge >= 0.3 is 6.18 Å². The van der Waals surface area contributed by atoms with Crippen LogP contribution in [-0.4, -0.2) is 18.0 Å². The highest BCUT2D eigenvalue weighted by Crippen LogP contribution is 2.43. The second kappa shape index (κ2) is 9.32. The zero-order chi connectivity index (χ0) is 21.1. The number of hydrogen-bond acceptors (Lipinski definition) is 1. The van der Waals surface area contributed by atoms with E-state index in [4.69, 9.17) is 11.6 Å². The lowest BCUT2D eigenvalue weighted by atomic mass is 9.75. The van der Waals surface area contributed by atoms with Gasteiger partial charge in [0.2, 0.25) is 0 Å². The van der Waals surface area contributed by atoms with Crippen molar-refractivity contribution in [3.05, 3.63) is 70.2 Å². The molecule has 2 aromatic carbocycles. The number of aryl methyl sites for hydroxylation is 1. The molecule has 2 aliphatic rings. The van der Waals surface area contributed by atoms with Crippen molar-refractivity contribution in [2.24, 2.45) is 11.8 Å². The van der Waals surface area contributed by atoms with Crippen molar-refractivity contribution in [1.29, 1.82) is 0 Å². The molecule has 1 aliphatic heterocycles. The first-order chi connectivity index (χ1) is 14.4. The van der Waals surface area contributed by atoms with Gasteiger partial charge in [-0.3, -0.25) is 4.90 Å². The molecule has 5 heteroatoms. The Morgan fingerprint density at radius 2 is 1.63 bits per heavy atom. The van der Waals surface area contributed by atoms with Gasteiger partial charge in [0, 0.05) is 17.6 Å². The molecular weight excluding hydrogens is 407 g/mol. The summed E-state index contributed by atoms with van der Waals surface area (Å²) in [4.78, 5) is 2.66. The fraction of sp³-hybridized carbons (Fsp3) is 0.520. The van der Waals surface area contributed by atoms with Crippen LogP contribution in [0.2, 0.25) is 5.02 Å². The molecule has 1 saturated carbocycles. The van der Waals surface area contributed by atoms with Crippen LogP contribution in [0.1, 0.15) is 61.3 Å². The van der Waals surface area contributed by atoms with E-state index in [0.29, 0.717) is 12.0 Å². The summed E-state index contributed by atoms with van der Waals surface area (Å²) in [5.41, 5.74) is 1.79. The molecule has 0 aromatic heterocycles. The lowest BCUT2D eigenvalue weighted by molar-refractivity contribution is -0.137. The second-order valence-electron chi connectivity index (χ2n) is 8.92. The van der Waals surface area contributed by atoms with Crippen molar-refractivity contribution < 1.29 is 13.2 Å². The highest BCUT2D eigenvalue weighted by Gasteiger charge is 2.35. The third-order valence-corrected chi connectivity index (χ3v) is 7.13. The minimum Gasteiger partial charge on any atom is -0.296 e. The minimum absolute atomic E-state index is 0.463. The maximum Gasteiger partial charge on any atom is 0.416 e. The molecule has 2 aromatic rings. The fourth-order valence-corrected chi connectivity index (χ4v) is 5.14. The van der Waals surface area contributed by atoms with E-state index in [-0.39, 0.29) is 0 Å². The standard InChI is InChI=1S/C25H29ClF3N/c26-23-14-10-21(11-15-23)24(20-4-1-5-20)30-16-2-3-19(17-30)7-6-18-8-12-22(13-9-18)25(27,28)29/h8-15,19-20,24H,1-7,16-17H2. The first-order valence-corrected chi connectivity index (χ1v) is 11.4. The Morgan fingerprint density at radius 1 is 0.933 bits per heavy atom. The third kappa shape index (κ3) is 5.20. The van der Waals surface area contributed by atoms with Gasteiger partial charge in [-0.15, -0.1) is 0 Å². The molecule has 2 unspecified atom stereocenters. The Labute approximate surface area is 182 Å². The average Bonchev–Trinajstić information content (AvgIpc) is 2.70. The predicted octanol–water partition coefficient (Wildman–Crippen LogP) is 7.54. The molecule has 162 valence electrons. The largest absolute Gasteiger partial charge is 0.416 e. The van der Waals surface area contributed by atoms with E-state index in [1.54, 1.807) is 12.1 Å². The van der Waals surface area contributed by atoms with E-state index in [9.17, 15) is 13.2 Å². The van der Waals surface area contributed by atoms with Crippen LogP contribution in [0.15, 0.2) is 48.5 Å². The zero-order valence-corrected chi connectivity index (χ0v) is 17.9. The first kappa shape index (κ1) is 21.7. The SMILES string of the molecule is FC(F)(F)c1ccc(CCC2CCCN(C(c3ccc(Cl)cc3)C3CCC3)C2)cc1. The Balaban J connectivity index is 1.38. The van der Waals surface area contributed by atoms with Gasteiger partial charge in [0.05, 0.1) is 5.56 Å². The summed E-state index contributed by atoms with van der Waals surface area (Å²) in [7, 11) is 0. The Morgan fingerprint density at radius 3 is 2.23 bits per heavy atom. The van der Waals surface area contributed by atoms with E-state index in [1.165, 1.54) is 49.8 Å². The Kier molecular flexibility index (Phi) is 6.74. The van der Waals surface area contributed by atoms with Crippen LogP contribution in [0.4, 0.5) is 13.2 Å². The first-order valence-electron chi connectivity index (χ1n) is 11.1. The molecule has 1 saturated heterocycles. The molecule has 1 aliphatic carbocycles. The molecule has 0 N–H and O–H groups in total. The van der Waals surface area contributed by atoms with Crippen LogP contribution in [0.25, 0.3) is 0 Å².